The van der Waals surface area contributed by atoms with Gasteiger partial charge in [-0.25, -0.2) is 13.5 Å². The van der Waals surface area contributed by atoms with E-state index in [2.05, 4.69) is 10.4 Å². The quantitative estimate of drug-likeness (QED) is 0.885. The van der Waals surface area contributed by atoms with Crippen LogP contribution in [-0.2, 0) is 6.42 Å². The lowest BCUT2D eigenvalue weighted by atomic mass is 10.1. The summed E-state index contributed by atoms with van der Waals surface area (Å²) in [6, 6.07) is 3.12. The van der Waals surface area contributed by atoms with Crippen molar-refractivity contribution in [3.63, 3.8) is 0 Å². The van der Waals surface area contributed by atoms with Gasteiger partial charge in [0, 0.05) is 17.5 Å². The lowest BCUT2D eigenvalue weighted by molar-refractivity contribution is 0.0867. The van der Waals surface area contributed by atoms with Gasteiger partial charge in [0.05, 0.1) is 17.8 Å². The minimum atomic E-state index is -0.697. The van der Waals surface area contributed by atoms with Gasteiger partial charge in [-0.05, 0) is 50.2 Å². The Hall–Kier alpha value is -2.28. The van der Waals surface area contributed by atoms with Crippen LogP contribution < -0.4 is 5.32 Å². The molecule has 3 aliphatic carbocycles. The number of aliphatic hydroxyl groups is 1. The van der Waals surface area contributed by atoms with Crippen LogP contribution in [0.25, 0.3) is 5.69 Å². The van der Waals surface area contributed by atoms with Crippen molar-refractivity contribution < 1.29 is 18.7 Å². The van der Waals surface area contributed by atoms with Crippen molar-refractivity contribution in [2.45, 2.75) is 50.2 Å². The number of benzene rings is 1. The van der Waals surface area contributed by atoms with E-state index in [0.717, 1.165) is 43.0 Å². The molecule has 4 atom stereocenters. The van der Waals surface area contributed by atoms with E-state index in [1.54, 1.807) is 0 Å². The predicted molar refractivity (Wildman–Crippen MR) is 89.1 cm³/mol. The van der Waals surface area contributed by atoms with Gasteiger partial charge in [-0.3, -0.25) is 4.79 Å². The molecule has 0 radical (unpaired) electrons. The first-order valence-electron chi connectivity index (χ1n) is 9.09. The molecule has 26 heavy (non-hydrogen) atoms. The van der Waals surface area contributed by atoms with Gasteiger partial charge in [-0.15, -0.1) is 0 Å². The summed E-state index contributed by atoms with van der Waals surface area (Å²) in [4.78, 5) is 12.8. The van der Waals surface area contributed by atoms with Crippen LogP contribution in [0, 0.1) is 17.6 Å². The van der Waals surface area contributed by atoms with E-state index in [1.807, 2.05) is 0 Å². The molecule has 1 heterocycles. The molecular formula is C19H19F2N3O2. The summed E-state index contributed by atoms with van der Waals surface area (Å²) in [6.45, 7) is 0. The molecule has 0 unspecified atom stereocenters. The summed E-state index contributed by atoms with van der Waals surface area (Å²) in [6.07, 6.45) is 3.56. The molecule has 5 rings (SSSR count). The van der Waals surface area contributed by atoms with Gasteiger partial charge >= 0.3 is 0 Å². The lowest BCUT2D eigenvalue weighted by Gasteiger charge is -2.15. The first kappa shape index (κ1) is 15.9. The highest BCUT2D eigenvalue weighted by atomic mass is 19.1. The molecular weight excluding hydrogens is 340 g/mol. The topological polar surface area (TPSA) is 67.2 Å². The second-order valence-corrected chi connectivity index (χ2v) is 7.60. The van der Waals surface area contributed by atoms with E-state index in [1.165, 1.54) is 16.8 Å². The van der Waals surface area contributed by atoms with Crippen molar-refractivity contribution in [1.29, 1.82) is 0 Å². The first-order chi connectivity index (χ1) is 12.5. The van der Waals surface area contributed by atoms with Crippen molar-refractivity contribution in [3.05, 3.63) is 46.8 Å². The fraction of sp³-hybridized carbons (Fsp3) is 0.474. The molecule has 136 valence electrons. The summed E-state index contributed by atoms with van der Waals surface area (Å²) in [5.41, 5.74) is 2.20. The second kappa shape index (κ2) is 5.61. The number of nitrogens with one attached hydrogen (secondary N) is 1. The van der Waals surface area contributed by atoms with E-state index in [0.29, 0.717) is 24.0 Å². The molecule has 1 aromatic heterocycles. The first-order valence-corrected chi connectivity index (χ1v) is 9.09. The average molecular weight is 359 g/mol. The molecule has 7 heteroatoms. The summed E-state index contributed by atoms with van der Waals surface area (Å²) >= 11 is 0. The number of rotatable bonds is 3. The summed E-state index contributed by atoms with van der Waals surface area (Å²) in [7, 11) is 0. The fourth-order valence-corrected chi connectivity index (χ4v) is 4.48. The van der Waals surface area contributed by atoms with Crippen LogP contribution in [0.5, 0.6) is 0 Å². The van der Waals surface area contributed by atoms with Crippen LogP contribution in [0.2, 0.25) is 0 Å². The normalized spacial score (nSPS) is 28.7. The second-order valence-electron chi connectivity index (χ2n) is 7.60. The number of fused-ring (bicyclic) bond motifs is 3. The molecule has 0 saturated heterocycles. The highest BCUT2D eigenvalue weighted by Crippen LogP contribution is 2.57. The fourth-order valence-electron chi connectivity index (χ4n) is 4.48. The van der Waals surface area contributed by atoms with Crippen LogP contribution in [0.15, 0.2) is 18.2 Å². The third-order valence-electron chi connectivity index (χ3n) is 5.91. The molecule has 0 bridgehead atoms. The number of aliphatic hydroxyl groups excluding tert-OH is 1. The Balaban J connectivity index is 1.54. The van der Waals surface area contributed by atoms with Crippen molar-refractivity contribution in [1.82, 2.24) is 15.1 Å². The Morgan fingerprint density at radius 3 is 2.88 bits per heavy atom. The van der Waals surface area contributed by atoms with Crippen LogP contribution >= 0.6 is 0 Å². The standard InChI is InChI=1S/C19H19F2N3O2/c20-10-4-5-15(13(21)8-10)24-18-11-6-9(11)7-12(18)17(23-24)19(26)22-14-2-1-3-16(14)25/h4-5,8-9,11,14,16,25H,1-3,6-7H2,(H,22,26)/t9-,11-,14-,16-/m0/s1. The van der Waals surface area contributed by atoms with Gasteiger partial charge in [0.1, 0.15) is 11.5 Å². The van der Waals surface area contributed by atoms with E-state index in [-0.39, 0.29) is 17.6 Å². The molecule has 5 nitrogen and oxygen atoms in total. The molecule has 2 fully saturated rings. The summed E-state index contributed by atoms with van der Waals surface area (Å²) < 4.78 is 29.0. The van der Waals surface area contributed by atoms with E-state index < -0.39 is 17.7 Å². The van der Waals surface area contributed by atoms with Gasteiger partial charge in [0.2, 0.25) is 0 Å². The van der Waals surface area contributed by atoms with Crippen molar-refractivity contribution in [2.24, 2.45) is 5.92 Å². The number of hydrogen-bond donors (Lipinski definition) is 2. The highest BCUT2D eigenvalue weighted by Gasteiger charge is 2.50. The van der Waals surface area contributed by atoms with Gasteiger partial charge in [-0.2, -0.15) is 5.10 Å². The SMILES string of the molecule is O=C(N[C@H]1CCC[C@@H]1O)c1nn(-c2ccc(F)cc2F)c2c1C[C@@H]1C[C@H]21. The Morgan fingerprint density at radius 1 is 1.31 bits per heavy atom. The molecule has 2 saturated carbocycles. The highest BCUT2D eigenvalue weighted by molar-refractivity contribution is 5.94. The molecule has 1 aromatic carbocycles. The van der Waals surface area contributed by atoms with Gasteiger partial charge in [0.25, 0.3) is 5.91 Å². The number of halogens is 2. The molecule has 0 spiro atoms. The molecule has 1 amide bonds. The van der Waals surface area contributed by atoms with Crippen molar-refractivity contribution >= 4 is 5.91 Å². The average Bonchev–Trinajstić information content (AvgIpc) is 2.91. The van der Waals surface area contributed by atoms with Crippen LogP contribution in [0.4, 0.5) is 8.78 Å². The third-order valence-corrected chi connectivity index (χ3v) is 5.91. The maximum absolute atomic E-state index is 14.3. The monoisotopic (exact) mass is 359 g/mol. The number of amides is 1. The Bertz CT molecular complexity index is 910. The molecule has 3 aliphatic rings. The van der Waals surface area contributed by atoms with Crippen LogP contribution in [-0.4, -0.2) is 32.9 Å². The van der Waals surface area contributed by atoms with E-state index in [9.17, 15) is 18.7 Å². The van der Waals surface area contributed by atoms with Gasteiger partial charge < -0.3 is 10.4 Å². The Kier molecular flexibility index (Phi) is 3.44. The number of hydrogen-bond acceptors (Lipinski definition) is 3. The van der Waals surface area contributed by atoms with Gasteiger partial charge in [-0.1, -0.05) is 0 Å². The summed E-state index contributed by atoms with van der Waals surface area (Å²) in [5, 5.41) is 17.2. The van der Waals surface area contributed by atoms with Crippen LogP contribution in [0.1, 0.15) is 53.3 Å². The van der Waals surface area contributed by atoms with Crippen molar-refractivity contribution in [2.75, 3.05) is 0 Å². The zero-order valence-electron chi connectivity index (χ0n) is 14.1. The minimum absolute atomic E-state index is 0.162. The number of nitrogens with zero attached hydrogens (tertiary/aromatic N) is 2. The molecule has 0 aliphatic heterocycles. The minimum Gasteiger partial charge on any atom is -0.391 e. The number of carbonyl (C=O) groups excluding carboxylic acids is 1. The maximum Gasteiger partial charge on any atom is 0.272 e. The number of aromatic nitrogens is 2. The largest absolute Gasteiger partial charge is 0.391 e. The lowest BCUT2D eigenvalue weighted by Crippen LogP contribution is -2.40. The molecule has 2 aromatic rings. The van der Waals surface area contributed by atoms with E-state index >= 15 is 0 Å². The Morgan fingerprint density at radius 2 is 2.15 bits per heavy atom. The predicted octanol–water partition coefficient (Wildman–Crippen LogP) is 2.45. The Labute approximate surface area is 149 Å². The van der Waals surface area contributed by atoms with E-state index in [4.69, 9.17) is 0 Å². The smallest absolute Gasteiger partial charge is 0.272 e. The molecule has 2 N–H and O–H groups in total. The summed E-state index contributed by atoms with van der Waals surface area (Å²) in [5.74, 6) is -0.887. The zero-order valence-corrected chi connectivity index (χ0v) is 14.1. The van der Waals surface area contributed by atoms with Gasteiger partial charge in [0.15, 0.2) is 11.5 Å². The zero-order chi connectivity index (χ0) is 18.0. The van der Waals surface area contributed by atoms with Crippen molar-refractivity contribution in [3.8, 4) is 5.69 Å². The third kappa shape index (κ3) is 2.37. The number of carbonyl (C=O) groups is 1. The van der Waals surface area contributed by atoms with Crippen LogP contribution in [0.3, 0.4) is 0 Å². The maximum atomic E-state index is 14.3.